The highest BCUT2D eigenvalue weighted by Gasteiger charge is 2.09. The van der Waals surface area contributed by atoms with E-state index in [9.17, 15) is 4.79 Å². The lowest BCUT2D eigenvalue weighted by Crippen LogP contribution is -2.25. The number of nitrogens with one attached hydrogen (secondary N) is 2. The van der Waals surface area contributed by atoms with Crippen molar-refractivity contribution in [3.05, 3.63) is 20.3 Å². The van der Waals surface area contributed by atoms with E-state index in [1.807, 2.05) is 29.5 Å². The molecule has 78 valence electrons. The number of H-pyrrole nitrogens is 1. The molecule has 6 heteroatoms. The number of aromatic amines is 1. The number of nitrogens with zero attached hydrogens (tertiary/aromatic N) is 1. The van der Waals surface area contributed by atoms with E-state index in [4.69, 9.17) is 5.11 Å². The van der Waals surface area contributed by atoms with Crippen LogP contribution < -0.4 is 10.9 Å². The summed E-state index contributed by atoms with van der Waals surface area (Å²) in [7, 11) is 0. The Kier molecular flexibility index (Phi) is 4.33. The Morgan fingerprint density at radius 1 is 1.79 bits per heavy atom. The number of rotatable bonds is 4. The van der Waals surface area contributed by atoms with Crippen molar-refractivity contribution >= 4 is 28.4 Å². The number of hydrogen-bond acceptors (Lipinski definition) is 4. The van der Waals surface area contributed by atoms with E-state index in [1.165, 1.54) is 6.33 Å². The summed E-state index contributed by atoms with van der Waals surface area (Å²) < 4.78 is 0.511. The standard InChI is InChI=1S/C8H12IN3O2/c1-2-5(3-13)12-7-6(9)8(14)11-4-10-7/h4-5,13H,2-3H2,1H3,(H2,10,11,12,14). The minimum atomic E-state index is -0.170. The Morgan fingerprint density at radius 3 is 3.07 bits per heavy atom. The number of anilines is 1. The van der Waals surface area contributed by atoms with Crippen LogP contribution in [0.5, 0.6) is 0 Å². The number of aliphatic hydroxyl groups is 1. The van der Waals surface area contributed by atoms with E-state index in [1.54, 1.807) is 0 Å². The van der Waals surface area contributed by atoms with Crippen molar-refractivity contribution in [2.24, 2.45) is 0 Å². The fourth-order valence-electron chi connectivity index (χ4n) is 0.954. The van der Waals surface area contributed by atoms with E-state index in [-0.39, 0.29) is 18.2 Å². The second kappa shape index (κ2) is 5.30. The first-order chi connectivity index (χ1) is 6.69. The highest BCUT2D eigenvalue weighted by molar-refractivity contribution is 14.1. The van der Waals surface area contributed by atoms with Gasteiger partial charge in [0.15, 0.2) is 0 Å². The Morgan fingerprint density at radius 2 is 2.50 bits per heavy atom. The van der Waals surface area contributed by atoms with Gasteiger partial charge in [-0.05, 0) is 29.0 Å². The molecule has 5 nitrogen and oxygen atoms in total. The maximum absolute atomic E-state index is 11.2. The van der Waals surface area contributed by atoms with Crippen molar-refractivity contribution in [2.45, 2.75) is 19.4 Å². The average molecular weight is 309 g/mol. The number of aliphatic hydroxyl groups excluding tert-OH is 1. The van der Waals surface area contributed by atoms with Crippen LogP contribution in [0.4, 0.5) is 5.82 Å². The van der Waals surface area contributed by atoms with Crippen molar-refractivity contribution in [1.29, 1.82) is 0 Å². The van der Waals surface area contributed by atoms with Crippen LogP contribution >= 0.6 is 22.6 Å². The third-order valence-corrected chi connectivity index (χ3v) is 2.85. The fourth-order valence-corrected chi connectivity index (χ4v) is 1.40. The molecule has 1 heterocycles. The lowest BCUT2D eigenvalue weighted by Gasteiger charge is -2.14. The van der Waals surface area contributed by atoms with Crippen molar-refractivity contribution < 1.29 is 5.11 Å². The zero-order valence-electron chi connectivity index (χ0n) is 7.75. The van der Waals surface area contributed by atoms with E-state index < -0.39 is 0 Å². The van der Waals surface area contributed by atoms with Crippen LogP contribution in [0, 0.1) is 3.57 Å². The molecular weight excluding hydrogens is 297 g/mol. The highest BCUT2D eigenvalue weighted by atomic mass is 127. The largest absolute Gasteiger partial charge is 0.394 e. The summed E-state index contributed by atoms with van der Waals surface area (Å²) in [5, 5.41) is 12.0. The second-order valence-electron chi connectivity index (χ2n) is 2.83. The molecule has 0 saturated heterocycles. The summed E-state index contributed by atoms with van der Waals surface area (Å²) >= 11 is 1.92. The predicted molar refractivity (Wildman–Crippen MR) is 62.4 cm³/mol. The number of hydrogen-bond donors (Lipinski definition) is 3. The predicted octanol–water partition coefficient (Wildman–Crippen LogP) is 0.557. The van der Waals surface area contributed by atoms with Gasteiger partial charge in [-0.2, -0.15) is 0 Å². The normalized spacial score (nSPS) is 12.5. The van der Waals surface area contributed by atoms with Crippen molar-refractivity contribution in [3.63, 3.8) is 0 Å². The van der Waals surface area contributed by atoms with Gasteiger partial charge in [-0.25, -0.2) is 4.98 Å². The highest BCUT2D eigenvalue weighted by Crippen LogP contribution is 2.10. The molecule has 0 aliphatic carbocycles. The minimum Gasteiger partial charge on any atom is -0.394 e. The van der Waals surface area contributed by atoms with Crippen molar-refractivity contribution in [2.75, 3.05) is 11.9 Å². The Balaban J connectivity index is 2.86. The summed E-state index contributed by atoms with van der Waals surface area (Å²) in [6.45, 7) is 1.98. The van der Waals surface area contributed by atoms with E-state index in [0.29, 0.717) is 9.39 Å². The monoisotopic (exact) mass is 309 g/mol. The van der Waals surface area contributed by atoms with Gasteiger partial charge in [0.2, 0.25) is 0 Å². The average Bonchev–Trinajstić information content (AvgIpc) is 2.20. The third kappa shape index (κ3) is 2.68. The van der Waals surface area contributed by atoms with Gasteiger partial charge in [0.05, 0.1) is 19.0 Å². The SMILES string of the molecule is CCC(CO)Nc1nc[nH]c(=O)c1I. The topological polar surface area (TPSA) is 78.0 Å². The zero-order chi connectivity index (χ0) is 10.6. The second-order valence-corrected chi connectivity index (χ2v) is 3.91. The molecule has 0 bridgehead atoms. The summed E-state index contributed by atoms with van der Waals surface area (Å²) in [6.07, 6.45) is 2.12. The molecule has 0 amide bonds. The molecule has 1 aromatic heterocycles. The molecule has 0 spiro atoms. The van der Waals surface area contributed by atoms with Crippen LogP contribution in [0.2, 0.25) is 0 Å². The van der Waals surface area contributed by atoms with Crippen LogP contribution in [-0.2, 0) is 0 Å². The van der Waals surface area contributed by atoms with E-state index in [2.05, 4.69) is 15.3 Å². The van der Waals surface area contributed by atoms with Gasteiger partial charge in [-0.1, -0.05) is 6.92 Å². The van der Waals surface area contributed by atoms with Crippen molar-refractivity contribution in [3.8, 4) is 0 Å². The number of aromatic nitrogens is 2. The van der Waals surface area contributed by atoms with Crippen LogP contribution in [0.25, 0.3) is 0 Å². The van der Waals surface area contributed by atoms with Crippen LogP contribution in [-0.4, -0.2) is 27.7 Å². The summed E-state index contributed by atoms with van der Waals surface area (Å²) in [6, 6.07) is -0.0576. The van der Waals surface area contributed by atoms with Crippen LogP contribution in [0.15, 0.2) is 11.1 Å². The van der Waals surface area contributed by atoms with Gasteiger partial charge >= 0.3 is 0 Å². The number of halogens is 1. The van der Waals surface area contributed by atoms with Gasteiger partial charge in [0.1, 0.15) is 9.39 Å². The van der Waals surface area contributed by atoms with Crippen LogP contribution in [0.3, 0.4) is 0 Å². The first kappa shape index (κ1) is 11.4. The smallest absolute Gasteiger partial charge is 0.266 e. The zero-order valence-corrected chi connectivity index (χ0v) is 9.91. The maximum atomic E-state index is 11.2. The molecule has 1 aromatic rings. The quantitative estimate of drug-likeness (QED) is 0.710. The van der Waals surface area contributed by atoms with Gasteiger partial charge in [0, 0.05) is 0 Å². The minimum absolute atomic E-state index is 0.0288. The maximum Gasteiger partial charge on any atom is 0.266 e. The molecular formula is C8H12IN3O2. The van der Waals surface area contributed by atoms with Crippen molar-refractivity contribution in [1.82, 2.24) is 9.97 Å². The molecule has 0 aliphatic rings. The fraction of sp³-hybridized carbons (Fsp3) is 0.500. The van der Waals surface area contributed by atoms with Gasteiger partial charge in [-0.3, -0.25) is 4.79 Å². The molecule has 0 saturated carbocycles. The van der Waals surface area contributed by atoms with E-state index >= 15 is 0 Å². The van der Waals surface area contributed by atoms with Gasteiger partial charge in [-0.15, -0.1) is 0 Å². The van der Waals surface area contributed by atoms with Gasteiger partial charge < -0.3 is 15.4 Å². The molecule has 0 radical (unpaired) electrons. The Hall–Kier alpha value is -0.630. The lowest BCUT2D eigenvalue weighted by molar-refractivity contribution is 0.271. The van der Waals surface area contributed by atoms with Crippen LogP contribution in [0.1, 0.15) is 13.3 Å². The lowest BCUT2D eigenvalue weighted by atomic mass is 10.2. The summed E-state index contributed by atoms with van der Waals surface area (Å²) in [5.41, 5.74) is -0.170. The van der Waals surface area contributed by atoms with E-state index in [0.717, 1.165) is 6.42 Å². The Bertz CT molecular complexity index is 349. The Labute approximate surface area is 95.1 Å². The molecule has 1 atom stereocenters. The first-order valence-electron chi connectivity index (χ1n) is 4.29. The summed E-state index contributed by atoms with van der Waals surface area (Å²) in [5.74, 6) is 0.523. The van der Waals surface area contributed by atoms with Gasteiger partial charge in [0.25, 0.3) is 5.56 Å². The molecule has 0 aliphatic heterocycles. The molecule has 3 N–H and O–H groups in total. The molecule has 14 heavy (non-hydrogen) atoms. The first-order valence-corrected chi connectivity index (χ1v) is 5.37. The molecule has 0 fully saturated rings. The third-order valence-electron chi connectivity index (χ3n) is 1.85. The molecule has 0 aromatic carbocycles. The molecule has 1 rings (SSSR count). The molecule has 1 unspecified atom stereocenters. The summed E-state index contributed by atoms with van der Waals surface area (Å²) in [4.78, 5) is 17.7.